The van der Waals surface area contributed by atoms with Crippen LogP contribution in [0.1, 0.15) is 36.8 Å². The van der Waals surface area contributed by atoms with Crippen LogP contribution in [0.25, 0.3) is 0 Å². The minimum atomic E-state index is -0.0394. The number of ketones is 1. The molecule has 16 heavy (non-hydrogen) atoms. The quantitative estimate of drug-likeness (QED) is 0.666. The van der Waals surface area contributed by atoms with Crippen LogP contribution in [0.2, 0.25) is 0 Å². The van der Waals surface area contributed by atoms with E-state index in [1.165, 1.54) is 11.1 Å². The molecule has 1 aromatic rings. The van der Waals surface area contributed by atoms with Gasteiger partial charge in [-0.25, -0.2) is 0 Å². The maximum absolute atomic E-state index is 11.3. The first-order valence-corrected chi connectivity index (χ1v) is 6.00. The molecule has 2 heteroatoms. The van der Waals surface area contributed by atoms with Gasteiger partial charge in [0.15, 0.2) is 0 Å². The second kappa shape index (κ2) is 3.70. The van der Waals surface area contributed by atoms with Gasteiger partial charge in [0, 0.05) is 19.3 Å². The first-order valence-electron chi connectivity index (χ1n) is 6.00. The van der Waals surface area contributed by atoms with Crippen LogP contribution in [0.3, 0.4) is 0 Å². The highest BCUT2D eigenvalue weighted by atomic mass is 16.5. The average molecular weight is 216 g/mol. The molecule has 0 atom stereocenters. The summed E-state index contributed by atoms with van der Waals surface area (Å²) in [5.41, 5.74) is 2.68. The predicted octanol–water partition coefficient (Wildman–Crippen LogP) is 2.64. The molecule has 1 saturated carbocycles. The molecule has 1 aromatic carbocycles. The van der Waals surface area contributed by atoms with E-state index in [-0.39, 0.29) is 5.60 Å². The van der Waals surface area contributed by atoms with Crippen LogP contribution in [-0.4, -0.2) is 11.4 Å². The molecule has 3 rings (SSSR count). The number of ether oxygens (including phenoxy) is 1. The molecule has 0 unspecified atom stereocenters. The van der Waals surface area contributed by atoms with E-state index in [4.69, 9.17) is 4.74 Å². The zero-order valence-electron chi connectivity index (χ0n) is 9.37. The Bertz CT molecular complexity index is 412. The molecule has 0 radical (unpaired) electrons. The van der Waals surface area contributed by atoms with Crippen LogP contribution >= 0.6 is 0 Å². The third-order valence-electron chi connectivity index (χ3n) is 3.88. The number of carbonyl (C=O) groups is 1. The maximum atomic E-state index is 11.3. The average Bonchev–Trinajstić information content (AvgIpc) is 2.33. The summed E-state index contributed by atoms with van der Waals surface area (Å²) in [5.74, 6) is 0.396. The molecular weight excluding hydrogens is 200 g/mol. The second-order valence-electron chi connectivity index (χ2n) is 4.96. The van der Waals surface area contributed by atoms with Crippen molar-refractivity contribution < 1.29 is 9.53 Å². The number of hydrogen-bond donors (Lipinski definition) is 0. The lowest BCUT2D eigenvalue weighted by Gasteiger charge is -2.40. The summed E-state index contributed by atoms with van der Waals surface area (Å²) in [6.45, 7) is 0.713. The zero-order valence-corrected chi connectivity index (χ0v) is 9.37. The first-order chi connectivity index (χ1) is 7.77. The summed E-state index contributed by atoms with van der Waals surface area (Å²) in [6, 6.07) is 8.47. The molecule has 1 heterocycles. The Hall–Kier alpha value is -1.15. The van der Waals surface area contributed by atoms with E-state index in [1.54, 1.807) is 0 Å². The molecule has 2 nitrogen and oxygen atoms in total. The largest absolute Gasteiger partial charge is 0.370 e. The van der Waals surface area contributed by atoms with Crippen molar-refractivity contribution in [1.82, 2.24) is 0 Å². The van der Waals surface area contributed by atoms with Gasteiger partial charge in [0.1, 0.15) is 5.78 Å². The number of hydrogen-bond acceptors (Lipinski definition) is 2. The van der Waals surface area contributed by atoms with Gasteiger partial charge in [-0.05, 0) is 24.0 Å². The fourth-order valence-electron chi connectivity index (χ4n) is 2.81. The molecule has 0 amide bonds. The highest BCUT2D eigenvalue weighted by Gasteiger charge is 2.38. The normalized spacial score (nSPS) is 23.1. The number of carbonyl (C=O) groups excluding carboxylic acids is 1. The van der Waals surface area contributed by atoms with E-state index in [0.717, 1.165) is 19.3 Å². The number of benzene rings is 1. The van der Waals surface area contributed by atoms with Crippen molar-refractivity contribution in [2.24, 2.45) is 0 Å². The Labute approximate surface area is 95.6 Å². The van der Waals surface area contributed by atoms with Crippen LogP contribution in [0.15, 0.2) is 24.3 Å². The van der Waals surface area contributed by atoms with Crippen LogP contribution in [0, 0.1) is 0 Å². The van der Waals surface area contributed by atoms with Gasteiger partial charge in [-0.2, -0.15) is 0 Å². The predicted molar refractivity (Wildman–Crippen MR) is 61.1 cm³/mol. The Morgan fingerprint density at radius 2 is 1.75 bits per heavy atom. The topological polar surface area (TPSA) is 26.3 Å². The van der Waals surface area contributed by atoms with Crippen molar-refractivity contribution in [2.75, 3.05) is 0 Å². The third kappa shape index (κ3) is 1.67. The lowest BCUT2D eigenvalue weighted by atomic mass is 9.77. The van der Waals surface area contributed by atoms with E-state index >= 15 is 0 Å². The van der Waals surface area contributed by atoms with Crippen molar-refractivity contribution in [3.63, 3.8) is 0 Å². The van der Waals surface area contributed by atoms with Crippen molar-refractivity contribution in [3.05, 3.63) is 35.4 Å². The summed E-state index contributed by atoms with van der Waals surface area (Å²) in [5, 5.41) is 0. The summed E-state index contributed by atoms with van der Waals surface area (Å²) >= 11 is 0. The van der Waals surface area contributed by atoms with E-state index in [1.807, 2.05) is 0 Å². The molecule has 1 fully saturated rings. The van der Waals surface area contributed by atoms with Gasteiger partial charge >= 0.3 is 0 Å². The van der Waals surface area contributed by atoms with Crippen LogP contribution in [-0.2, 0) is 22.6 Å². The lowest BCUT2D eigenvalue weighted by molar-refractivity contribution is -0.132. The molecule has 0 saturated heterocycles. The smallest absolute Gasteiger partial charge is 0.133 e. The molecule has 84 valence electrons. The van der Waals surface area contributed by atoms with Crippen molar-refractivity contribution in [2.45, 2.75) is 44.3 Å². The number of fused-ring (bicyclic) bond motifs is 1. The van der Waals surface area contributed by atoms with E-state index in [0.29, 0.717) is 25.2 Å². The van der Waals surface area contributed by atoms with Crippen LogP contribution in [0.5, 0.6) is 0 Å². The number of Topliss-reactive ketones (excluding diaryl/α,β-unsaturated/α-hetero) is 1. The van der Waals surface area contributed by atoms with Crippen molar-refractivity contribution in [1.29, 1.82) is 0 Å². The Morgan fingerprint density at radius 1 is 1.06 bits per heavy atom. The van der Waals surface area contributed by atoms with Crippen molar-refractivity contribution >= 4 is 5.78 Å². The molecule has 1 aliphatic carbocycles. The van der Waals surface area contributed by atoms with Gasteiger partial charge in [0.05, 0.1) is 12.2 Å². The molecule has 2 aliphatic rings. The molecule has 0 aromatic heterocycles. The fourth-order valence-corrected chi connectivity index (χ4v) is 2.81. The van der Waals surface area contributed by atoms with Gasteiger partial charge < -0.3 is 4.74 Å². The standard InChI is InChI=1S/C14H16O2/c15-13-5-7-14(8-6-13)9-11-3-1-2-4-12(11)10-16-14/h1-4H,5-10H2. The first kappa shape index (κ1) is 10.0. The van der Waals surface area contributed by atoms with Gasteiger partial charge in [0.2, 0.25) is 0 Å². The molecule has 1 aliphatic heterocycles. The zero-order chi connectivity index (χ0) is 11.0. The number of rotatable bonds is 0. The minimum absolute atomic E-state index is 0.0394. The van der Waals surface area contributed by atoms with Crippen molar-refractivity contribution in [3.8, 4) is 0 Å². The highest BCUT2D eigenvalue weighted by Crippen LogP contribution is 2.38. The van der Waals surface area contributed by atoms with E-state index in [9.17, 15) is 4.79 Å². The summed E-state index contributed by atoms with van der Waals surface area (Å²) in [6.07, 6.45) is 4.18. The molecule has 0 bridgehead atoms. The van der Waals surface area contributed by atoms with E-state index < -0.39 is 0 Å². The van der Waals surface area contributed by atoms with Gasteiger partial charge in [0.25, 0.3) is 0 Å². The minimum Gasteiger partial charge on any atom is -0.370 e. The van der Waals surface area contributed by atoms with Gasteiger partial charge in [-0.15, -0.1) is 0 Å². The highest BCUT2D eigenvalue weighted by molar-refractivity contribution is 5.79. The summed E-state index contributed by atoms with van der Waals surface area (Å²) in [7, 11) is 0. The van der Waals surface area contributed by atoms with Crippen LogP contribution < -0.4 is 0 Å². The molecule has 1 spiro atoms. The summed E-state index contributed by atoms with van der Waals surface area (Å²) in [4.78, 5) is 11.3. The van der Waals surface area contributed by atoms with E-state index in [2.05, 4.69) is 24.3 Å². The SMILES string of the molecule is O=C1CCC2(CC1)Cc1ccccc1CO2. The molecular formula is C14H16O2. The van der Waals surface area contributed by atoms with Gasteiger partial charge in [-0.1, -0.05) is 24.3 Å². The maximum Gasteiger partial charge on any atom is 0.133 e. The lowest BCUT2D eigenvalue weighted by Crippen LogP contribution is -2.42. The Kier molecular flexibility index (Phi) is 2.32. The fraction of sp³-hybridized carbons (Fsp3) is 0.500. The van der Waals surface area contributed by atoms with Gasteiger partial charge in [-0.3, -0.25) is 4.79 Å². The Morgan fingerprint density at radius 3 is 2.50 bits per heavy atom. The second-order valence-corrected chi connectivity index (χ2v) is 4.96. The molecule has 0 N–H and O–H groups in total. The van der Waals surface area contributed by atoms with Crippen LogP contribution in [0.4, 0.5) is 0 Å². The Balaban J connectivity index is 1.84. The summed E-state index contributed by atoms with van der Waals surface area (Å²) < 4.78 is 6.03. The third-order valence-corrected chi connectivity index (χ3v) is 3.88. The monoisotopic (exact) mass is 216 g/mol.